The van der Waals surface area contributed by atoms with Crippen LogP contribution in [0.3, 0.4) is 0 Å². The molecular weight excluding hydrogens is 294 g/mol. The molecule has 13 heavy (non-hydrogen) atoms. The Morgan fingerprint density at radius 3 is 2.23 bits per heavy atom. The van der Waals surface area contributed by atoms with Gasteiger partial charge in [0.05, 0.1) is 0 Å². The normalized spacial score (nSPS) is 10.7. The van der Waals surface area contributed by atoms with Crippen LogP contribution in [-0.2, 0) is 6.54 Å². The summed E-state index contributed by atoms with van der Waals surface area (Å²) in [7, 11) is 0. The molecule has 1 nitrogen and oxygen atoms in total. The maximum atomic E-state index is 3.46. The monoisotopic (exact) mass is 305 g/mol. The highest BCUT2D eigenvalue weighted by molar-refractivity contribution is 9.09. The predicted molar refractivity (Wildman–Crippen MR) is 64.7 cm³/mol. The van der Waals surface area contributed by atoms with Crippen molar-refractivity contribution in [3.8, 4) is 0 Å². The molecule has 0 aliphatic carbocycles. The van der Waals surface area contributed by atoms with Gasteiger partial charge in [-0.15, -0.1) is 0 Å². The average molecular weight is 307 g/mol. The summed E-state index contributed by atoms with van der Waals surface area (Å²) in [6, 6.07) is 10.9. The quantitative estimate of drug-likeness (QED) is 0.825. The SMILES string of the molecule is BrCC(CBr)NCc1ccccc1. The average Bonchev–Trinajstić information content (AvgIpc) is 2.21. The second kappa shape index (κ2) is 6.57. The number of hydrogen-bond acceptors (Lipinski definition) is 1. The van der Waals surface area contributed by atoms with Crippen LogP contribution in [0.5, 0.6) is 0 Å². The van der Waals surface area contributed by atoms with Crippen LogP contribution in [-0.4, -0.2) is 16.7 Å². The number of hydrogen-bond donors (Lipinski definition) is 1. The molecule has 0 atom stereocenters. The number of rotatable bonds is 5. The van der Waals surface area contributed by atoms with Crippen LogP contribution in [0.25, 0.3) is 0 Å². The molecule has 0 unspecified atom stereocenters. The van der Waals surface area contributed by atoms with Crippen LogP contribution >= 0.6 is 31.9 Å². The Hall–Kier alpha value is 0.140. The molecule has 0 bridgehead atoms. The highest BCUT2D eigenvalue weighted by atomic mass is 79.9. The molecule has 0 radical (unpaired) electrons. The van der Waals surface area contributed by atoms with Gasteiger partial charge in [0.2, 0.25) is 0 Å². The second-order valence-electron chi connectivity index (χ2n) is 2.87. The lowest BCUT2D eigenvalue weighted by atomic mass is 10.2. The van der Waals surface area contributed by atoms with E-state index in [4.69, 9.17) is 0 Å². The van der Waals surface area contributed by atoms with Crippen molar-refractivity contribution in [1.29, 1.82) is 0 Å². The third-order valence-corrected chi connectivity index (χ3v) is 3.37. The fourth-order valence-electron chi connectivity index (χ4n) is 1.01. The second-order valence-corrected chi connectivity index (χ2v) is 4.17. The van der Waals surface area contributed by atoms with E-state index in [2.05, 4.69) is 61.4 Å². The summed E-state index contributed by atoms with van der Waals surface area (Å²) in [6.45, 7) is 0.933. The summed E-state index contributed by atoms with van der Waals surface area (Å²) in [6.07, 6.45) is 0. The summed E-state index contributed by atoms with van der Waals surface area (Å²) in [5.41, 5.74) is 1.33. The molecule has 1 N–H and O–H groups in total. The van der Waals surface area contributed by atoms with Gasteiger partial charge in [0.15, 0.2) is 0 Å². The van der Waals surface area contributed by atoms with Crippen LogP contribution in [0.15, 0.2) is 30.3 Å². The largest absolute Gasteiger partial charge is 0.308 e. The molecule has 0 saturated heterocycles. The summed E-state index contributed by atoms with van der Waals surface area (Å²) in [4.78, 5) is 0. The number of halogens is 2. The van der Waals surface area contributed by atoms with Gasteiger partial charge in [-0.2, -0.15) is 0 Å². The molecule has 1 aromatic carbocycles. The first-order valence-electron chi connectivity index (χ1n) is 4.26. The molecule has 0 saturated carbocycles. The fraction of sp³-hybridized carbons (Fsp3) is 0.400. The number of nitrogens with one attached hydrogen (secondary N) is 1. The van der Waals surface area contributed by atoms with E-state index in [9.17, 15) is 0 Å². The minimum atomic E-state index is 0.500. The van der Waals surface area contributed by atoms with Crippen LogP contribution in [0, 0.1) is 0 Å². The fourth-order valence-corrected chi connectivity index (χ4v) is 2.54. The Kier molecular flexibility index (Phi) is 5.67. The van der Waals surface area contributed by atoms with Crippen molar-refractivity contribution in [2.45, 2.75) is 12.6 Å². The lowest BCUT2D eigenvalue weighted by Crippen LogP contribution is -2.31. The maximum absolute atomic E-state index is 3.46. The minimum absolute atomic E-state index is 0.500. The van der Waals surface area contributed by atoms with E-state index in [-0.39, 0.29) is 0 Å². The summed E-state index contributed by atoms with van der Waals surface area (Å²) < 4.78 is 0. The van der Waals surface area contributed by atoms with Crippen LogP contribution in [0.2, 0.25) is 0 Å². The molecule has 0 aromatic heterocycles. The lowest BCUT2D eigenvalue weighted by Gasteiger charge is -2.12. The highest BCUT2D eigenvalue weighted by Crippen LogP contribution is 2.01. The molecule has 3 heteroatoms. The number of alkyl halides is 2. The van der Waals surface area contributed by atoms with Crippen LogP contribution in [0.1, 0.15) is 5.56 Å². The molecule has 1 aromatic rings. The zero-order valence-corrected chi connectivity index (χ0v) is 10.5. The molecule has 0 heterocycles. The molecule has 0 fully saturated rings. The van der Waals surface area contributed by atoms with Crippen LogP contribution < -0.4 is 5.32 Å². The highest BCUT2D eigenvalue weighted by Gasteiger charge is 2.02. The van der Waals surface area contributed by atoms with E-state index in [1.165, 1.54) is 5.56 Å². The topological polar surface area (TPSA) is 12.0 Å². The Labute approximate surface area is 96.2 Å². The van der Waals surface area contributed by atoms with Crippen molar-refractivity contribution in [3.63, 3.8) is 0 Å². The lowest BCUT2D eigenvalue weighted by molar-refractivity contribution is 0.608. The van der Waals surface area contributed by atoms with Gasteiger partial charge >= 0.3 is 0 Å². The van der Waals surface area contributed by atoms with Crippen molar-refractivity contribution in [2.24, 2.45) is 0 Å². The van der Waals surface area contributed by atoms with Crippen molar-refractivity contribution < 1.29 is 0 Å². The minimum Gasteiger partial charge on any atom is -0.308 e. The first kappa shape index (κ1) is 11.2. The zero-order valence-electron chi connectivity index (χ0n) is 7.34. The van der Waals surface area contributed by atoms with Gasteiger partial charge in [0, 0.05) is 23.2 Å². The third-order valence-electron chi connectivity index (χ3n) is 1.81. The van der Waals surface area contributed by atoms with E-state index in [0.717, 1.165) is 17.2 Å². The van der Waals surface area contributed by atoms with E-state index in [0.29, 0.717) is 6.04 Å². The smallest absolute Gasteiger partial charge is 0.0264 e. The van der Waals surface area contributed by atoms with Crippen molar-refractivity contribution in [1.82, 2.24) is 5.32 Å². The Bertz CT molecular complexity index is 222. The predicted octanol–water partition coefficient (Wildman–Crippen LogP) is 2.93. The van der Waals surface area contributed by atoms with Crippen molar-refractivity contribution in [2.75, 3.05) is 10.7 Å². The molecule has 72 valence electrons. The van der Waals surface area contributed by atoms with E-state index in [1.54, 1.807) is 0 Å². The first-order valence-corrected chi connectivity index (χ1v) is 6.50. The van der Waals surface area contributed by atoms with Crippen molar-refractivity contribution >= 4 is 31.9 Å². The van der Waals surface area contributed by atoms with Gasteiger partial charge in [-0.1, -0.05) is 62.2 Å². The first-order chi connectivity index (χ1) is 6.36. The Balaban J connectivity index is 2.34. The summed E-state index contributed by atoms with van der Waals surface area (Å²) >= 11 is 6.91. The van der Waals surface area contributed by atoms with Gasteiger partial charge < -0.3 is 5.32 Å². The van der Waals surface area contributed by atoms with Gasteiger partial charge in [-0.05, 0) is 5.56 Å². The maximum Gasteiger partial charge on any atom is 0.0264 e. The van der Waals surface area contributed by atoms with Crippen molar-refractivity contribution in [3.05, 3.63) is 35.9 Å². The zero-order chi connectivity index (χ0) is 9.52. The molecule has 0 amide bonds. The molecule has 0 spiro atoms. The van der Waals surface area contributed by atoms with Crippen LogP contribution in [0.4, 0.5) is 0 Å². The number of benzene rings is 1. The van der Waals surface area contributed by atoms with E-state index < -0.39 is 0 Å². The Morgan fingerprint density at radius 1 is 1.08 bits per heavy atom. The standard InChI is InChI=1S/C10H13Br2N/c11-6-10(7-12)13-8-9-4-2-1-3-5-9/h1-5,10,13H,6-8H2. The Morgan fingerprint density at radius 2 is 1.69 bits per heavy atom. The summed E-state index contributed by atoms with van der Waals surface area (Å²) in [5, 5.41) is 5.40. The van der Waals surface area contributed by atoms with Gasteiger partial charge in [-0.3, -0.25) is 0 Å². The van der Waals surface area contributed by atoms with Gasteiger partial charge in [-0.25, -0.2) is 0 Å². The van der Waals surface area contributed by atoms with E-state index in [1.807, 2.05) is 6.07 Å². The van der Waals surface area contributed by atoms with Gasteiger partial charge in [0.1, 0.15) is 0 Å². The van der Waals surface area contributed by atoms with Gasteiger partial charge in [0.25, 0.3) is 0 Å². The third kappa shape index (κ3) is 4.25. The molecule has 0 aliphatic rings. The molecular formula is C10H13Br2N. The van der Waals surface area contributed by atoms with E-state index >= 15 is 0 Å². The molecule has 0 aliphatic heterocycles. The molecule has 1 rings (SSSR count). The summed E-state index contributed by atoms with van der Waals surface area (Å²) in [5.74, 6) is 0.